The van der Waals surface area contributed by atoms with E-state index in [4.69, 9.17) is 9.47 Å². The summed E-state index contributed by atoms with van der Waals surface area (Å²) < 4.78 is 13.0. The summed E-state index contributed by atoms with van der Waals surface area (Å²) in [7, 11) is 0. The maximum atomic E-state index is 12.3. The number of hydrazine groups is 1. The Hall–Kier alpha value is -4.26. The maximum absolute atomic E-state index is 12.3. The first-order valence-electron chi connectivity index (χ1n) is 10.2. The molecule has 7 heteroatoms. The summed E-state index contributed by atoms with van der Waals surface area (Å²) in [5, 5.41) is 1.05. The monoisotopic (exact) mass is 429 g/mol. The molecule has 0 bridgehead atoms. The van der Waals surface area contributed by atoms with Crippen molar-refractivity contribution in [3.05, 3.63) is 96.7 Å². The van der Waals surface area contributed by atoms with Crippen molar-refractivity contribution in [1.29, 1.82) is 0 Å². The van der Waals surface area contributed by atoms with Gasteiger partial charge in [-0.1, -0.05) is 36.4 Å². The second-order valence-corrected chi connectivity index (χ2v) is 7.04. The number of amides is 2. The van der Waals surface area contributed by atoms with E-state index in [1.54, 1.807) is 24.3 Å². The third-order valence-corrected chi connectivity index (χ3v) is 4.79. The smallest absolute Gasteiger partial charge is 0.269 e. The van der Waals surface area contributed by atoms with E-state index in [0.717, 1.165) is 16.7 Å². The lowest BCUT2D eigenvalue weighted by Gasteiger charge is -2.10. The first kappa shape index (κ1) is 21.0. The molecule has 2 N–H and O–H groups in total. The van der Waals surface area contributed by atoms with Crippen molar-refractivity contribution in [2.75, 3.05) is 13.2 Å². The van der Waals surface area contributed by atoms with Crippen molar-refractivity contribution in [3.63, 3.8) is 0 Å². The van der Waals surface area contributed by atoms with Crippen LogP contribution in [0.1, 0.15) is 10.4 Å². The number of nitrogens with one attached hydrogen (secondary N) is 2. The average Bonchev–Trinajstić information content (AvgIpc) is 3.24. The number of carbonyl (C=O) groups excluding carboxylic acids is 2. The molecule has 4 aromatic rings. The number of hydrogen-bond donors (Lipinski definition) is 2. The molecule has 3 aromatic carbocycles. The van der Waals surface area contributed by atoms with Crippen LogP contribution in [-0.2, 0) is 11.3 Å². The summed E-state index contributed by atoms with van der Waals surface area (Å²) in [5.74, 6) is 0.685. The normalized spacial score (nSPS) is 10.5. The molecular formula is C25H23N3O4. The van der Waals surface area contributed by atoms with Crippen LogP contribution in [0.25, 0.3) is 10.9 Å². The maximum Gasteiger partial charge on any atom is 0.269 e. The zero-order valence-electron chi connectivity index (χ0n) is 17.4. The molecule has 0 aliphatic heterocycles. The van der Waals surface area contributed by atoms with Gasteiger partial charge < -0.3 is 14.0 Å². The van der Waals surface area contributed by atoms with Crippen molar-refractivity contribution >= 4 is 22.7 Å². The first-order chi connectivity index (χ1) is 15.7. The highest BCUT2D eigenvalue weighted by Gasteiger charge is 2.09. The quantitative estimate of drug-likeness (QED) is 0.332. The van der Waals surface area contributed by atoms with Gasteiger partial charge >= 0.3 is 0 Å². The highest BCUT2D eigenvalue weighted by atomic mass is 16.5. The van der Waals surface area contributed by atoms with E-state index in [2.05, 4.69) is 10.9 Å². The van der Waals surface area contributed by atoms with Crippen molar-refractivity contribution < 1.29 is 19.1 Å². The molecule has 1 heterocycles. The summed E-state index contributed by atoms with van der Waals surface area (Å²) in [6, 6.07) is 25.9. The van der Waals surface area contributed by atoms with Crippen LogP contribution in [0.15, 0.2) is 91.1 Å². The predicted octanol–water partition coefficient (Wildman–Crippen LogP) is 3.56. The van der Waals surface area contributed by atoms with E-state index in [1.807, 2.05) is 71.4 Å². The van der Waals surface area contributed by atoms with Gasteiger partial charge in [0.2, 0.25) is 0 Å². The van der Waals surface area contributed by atoms with Crippen molar-refractivity contribution in [3.8, 4) is 11.5 Å². The number of benzene rings is 3. The Morgan fingerprint density at radius 3 is 2.12 bits per heavy atom. The van der Waals surface area contributed by atoms with Gasteiger partial charge in [0.1, 0.15) is 31.3 Å². The first-order valence-corrected chi connectivity index (χ1v) is 10.2. The van der Waals surface area contributed by atoms with E-state index in [1.165, 1.54) is 0 Å². The minimum Gasteiger partial charge on any atom is -0.490 e. The minimum absolute atomic E-state index is 0.103. The second kappa shape index (κ2) is 10.2. The summed E-state index contributed by atoms with van der Waals surface area (Å²) in [4.78, 5) is 24.5. The van der Waals surface area contributed by atoms with E-state index < -0.39 is 5.91 Å². The van der Waals surface area contributed by atoms with E-state index in [-0.39, 0.29) is 12.5 Å². The van der Waals surface area contributed by atoms with Crippen LogP contribution in [0.3, 0.4) is 0 Å². The van der Waals surface area contributed by atoms with Gasteiger partial charge in [0, 0.05) is 17.3 Å². The molecule has 0 saturated carbocycles. The molecule has 0 aliphatic carbocycles. The van der Waals surface area contributed by atoms with Crippen molar-refractivity contribution in [2.24, 2.45) is 0 Å². The van der Waals surface area contributed by atoms with Crippen LogP contribution in [0, 0.1) is 0 Å². The van der Waals surface area contributed by atoms with Crippen molar-refractivity contribution in [2.45, 2.75) is 6.54 Å². The molecule has 162 valence electrons. The van der Waals surface area contributed by atoms with Crippen LogP contribution >= 0.6 is 0 Å². The minimum atomic E-state index is -0.408. The number of nitrogens with zero attached hydrogens (tertiary/aromatic N) is 1. The fourth-order valence-electron chi connectivity index (χ4n) is 3.21. The van der Waals surface area contributed by atoms with Crippen LogP contribution < -0.4 is 20.3 Å². The van der Waals surface area contributed by atoms with E-state index >= 15 is 0 Å². The SMILES string of the molecule is O=C(Cn1ccc2ccccc21)NNC(=O)c1ccc(OCCOc2ccccc2)cc1. The second-order valence-electron chi connectivity index (χ2n) is 7.04. The van der Waals surface area contributed by atoms with Gasteiger partial charge in [-0.2, -0.15) is 0 Å². The number of carbonyl (C=O) groups is 2. The summed E-state index contributed by atoms with van der Waals surface area (Å²) >= 11 is 0. The summed E-state index contributed by atoms with van der Waals surface area (Å²) in [5.41, 5.74) is 6.25. The van der Waals surface area contributed by atoms with Crippen LogP contribution in [0.4, 0.5) is 0 Å². The zero-order valence-corrected chi connectivity index (χ0v) is 17.4. The van der Waals surface area contributed by atoms with E-state index in [0.29, 0.717) is 24.5 Å². The van der Waals surface area contributed by atoms with E-state index in [9.17, 15) is 9.59 Å². The molecule has 0 atom stereocenters. The summed E-state index contributed by atoms with van der Waals surface area (Å²) in [6.45, 7) is 0.894. The van der Waals surface area contributed by atoms with Gasteiger partial charge in [0.25, 0.3) is 11.8 Å². The molecule has 1 aromatic heterocycles. The Morgan fingerprint density at radius 2 is 1.38 bits per heavy atom. The lowest BCUT2D eigenvalue weighted by atomic mass is 10.2. The highest BCUT2D eigenvalue weighted by molar-refractivity contribution is 5.95. The van der Waals surface area contributed by atoms with Crippen LogP contribution in [0.5, 0.6) is 11.5 Å². The third-order valence-electron chi connectivity index (χ3n) is 4.79. The van der Waals surface area contributed by atoms with Gasteiger partial charge in [0.05, 0.1) is 0 Å². The predicted molar refractivity (Wildman–Crippen MR) is 121 cm³/mol. The molecular weight excluding hydrogens is 406 g/mol. The standard InChI is InChI=1S/C25H23N3O4/c29-24(18-28-15-14-19-6-4-5-9-23(19)28)26-27-25(30)20-10-12-22(13-11-20)32-17-16-31-21-7-2-1-3-8-21/h1-15H,16-18H2,(H,26,29)(H,27,30). The molecule has 0 radical (unpaired) electrons. The lowest BCUT2D eigenvalue weighted by molar-refractivity contribution is -0.122. The summed E-state index contributed by atoms with van der Waals surface area (Å²) in [6.07, 6.45) is 1.84. The Balaban J connectivity index is 1.21. The molecule has 32 heavy (non-hydrogen) atoms. The molecule has 2 amide bonds. The topological polar surface area (TPSA) is 81.6 Å². The number of ether oxygens (including phenoxy) is 2. The average molecular weight is 429 g/mol. The van der Waals surface area contributed by atoms with Gasteiger partial charge in [-0.3, -0.25) is 20.4 Å². The Morgan fingerprint density at radius 1 is 0.719 bits per heavy atom. The number of para-hydroxylation sites is 2. The van der Waals surface area contributed by atoms with Gasteiger partial charge in [-0.25, -0.2) is 0 Å². The van der Waals surface area contributed by atoms with Gasteiger partial charge in [0.15, 0.2) is 0 Å². The number of rotatable bonds is 8. The highest BCUT2D eigenvalue weighted by Crippen LogP contribution is 2.15. The largest absolute Gasteiger partial charge is 0.490 e. The number of hydrogen-bond acceptors (Lipinski definition) is 4. The molecule has 4 rings (SSSR count). The lowest BCUT2D eigenvalue weighted by Crippen LogP contribution is -2.43. The van der Waals surface area contributed by atoms with Crippen molar-refractivity contribution in [1.82, 2.24) is 15.4 Å². The molecule has 0 saturated heterocycles. The fraction of sp³-hybridized carbons (Fsp3) is 0.120. The molecule has 0 spiro atoms. The third kappa shape index (κ3) is 5.46. The number of fused-ring (bicyclic) bond motifs is 1. The van der Waals surface area contributed by atoms with Crippen LogP contribution in [-0.4, -0.2) is 29.6 Å². The zero-order chi connectivity index (χ0) is 22.2. The Bertz CT molecular complexity index is 1190. The molecule has 0 unspecified atom stereocenters. The molecule has 7 nitrogen and oxygen atoms in total. The number of aromatic nitrogens is 1. The molecule has 0 fully saturated rings. The molecule has 0 aliphatic rings. The van der Waals surface area contributed by atoms with Gasteiger partial charge in [-0.05, 0) is 53.9 Å². The fourth-order valence-corrected chi connectivity index (χ4v) is 3.21. The Kier molecular flexibility index (Phi) is 6.67. The van der Waals surface area contributed by atoms with Crippen LogP contribution in [0.2, 0.25) is 0 Å². The Labute approximate surface area is 185 Å². The van der Waals surface area contributed by atoms with Gasteiger partial charge in [-0.15, -0.1) is 0 Å².